The summed E-state index contributed by atoms with van der Waals surface area (Å²) >= 11 is 3.53. The molecule has 0 bridgehead atoms. The molecule has 0 amide bonds. The molecule has 0 saturated heterocycles. The lowest BCUT2D eigenvalue weighted by Crippen LogP contribution is -1.93. The molecule has 4 rings (SSSR count). The van der Waals surface area contributed by atoms with Crippen molar-refractivity contribution in [2.45, 2.75) is 13.5 Å². The first-order chi connectivity index (χ1) is 13.1. The van der Waals surface area contributed by atoms with Gasteiger partial charge in [0.15, 0.2) is 0 Å². The average Bonchev–Trinajstić information content (AvgIpc) is 3.12. The van der Waals surface area contributed by atoms with Crippen molar-refractivity contribution in [3.05, 3.63) is 59.2 Å². The first-order valence-corrected chi connectivity index (χ1v) is 9.22. The molecule has 2 heterocycles. The molecule has 7 heteroatoms. The van der Waals surface area contributed by atoms with Gasteiger partial charge < -0.3 is 4.74 Å². The molecule has 0 radical (unpaired) electrons. The molecule has 4 aromatic rings. The average molecular weight is 427 g/mol. The summed E-state index contributed by atoms with van der Waals surface area (Å²) in [5.41, 5.74) is 3.99. The number of nitrogens with zero attached hydrogens (tertiary/aromatic N) is 4. The standard InChI is InChI=1S/C20H16BrFN4O/c1-3-26-10-15(19(25-26)12-4-6-13(22)7-5-12)20-14-8-16(21)18(27-2)9-17(14)23-11-24-20/h4-11H,3H2,1-2H3. The van der Waals surface area contributed by atoms with E-state index in [4.69, 9.17) is 4.74 Å². The topological polar surface area (TPSA) is 52.8 Å². The van der Waals surface area contributed by atoms with Gasteiger partial charge in [-0.3, -0.25) is 4.68 Å². The Morgan fingerprint density at radius 1 is 1.11 bits per heavy atom. The Kier molecular flexibility index (Phi) is 4.61. The zero-order chi connectivity index (χ0) is 19.0. The molecule has 0 fully saturated rings. The first kappa shape index (κ1) is 17.6. The zero-order valence-electron chi connectivity index (χ0n) is 14.8. The minimum Gasteiger partial charge on any atom is -0.495 e. The van der Waals surface area contributed by atoms with Crippen molar-refractivity contribution in [1.82, 2.24) is 19.7 Å². The number of hydrogen-bond acceptors (Lipinski definition) is 4. The van der Waals surface area contributed by atoms with Gasteiger partial charge in [0.25, 0.3) is 0 Å². The lowest BCUT2D eigenvalue weighted by molar-refractivity contribution is 0.412. The molecular weight excluding hydrogens is 411 g/mol. The van der Waals surface area contributed by atoms with E-state index in [2.05, 4.69) is 31.0 Å². The summed E-state index contributed by atoms with van der Waals surface area (Å²) in [5, 5.41) is 5.54. The van der Waals surface area contributed by atoms with E-state index >= 15 is 0 Å². The molecule has 0 N–H and O–H groups in total. The number of hydrogen-bond donors (Lipinski definition) is 0. The summed E-state index contributed by atoms with van der Waals surface area (Å²) in [6.07, 6.45) is 3.49. The number of methoxy groups -OCH3 is 1. The molecule has 0 unspecified atom stereocenters. The molecule has 0 atom stereocenters. The fraction of sp³-hybridized carbons (Fsp3) is 0.150. The first-order valence-electron chi connectivity index (χ1n) is 8.42. The minimum atomic E-state index is -0.279. The second-order valence-corrected chi connectivity index (χ2v) is 6.83. The van der Waals surface area contributed by atoms with E-state index in [9.17, 15) is 4.39 Å². The lowest BCUT2D eigenvalue weighted by Gasteiger charge is -2.09. The highest BCUT2D eigenvalue weighted by atomic mass is 79.9. The molecule has 0 aliphatic carbocycles. The van der Waals surface area contributed by atoms with Gasteiger partial charge in [0.05, 0.1) is 22.8 Å². The molecule has 0 aliphatic heterocycles. The molecule has 0 saturated carbocycles. The molecular formula is C20H16BrFN4O. The Balaban J connectivity index is 1.97. The number of halogens is 2. The summed E-state index contributed by atoms with van der Waals surface area (Å²) in [4.78, 5) is 8.89. The van der Waals surface area contributed by atoms with Crippen molar-refractivity contribution < 1.29 is 9.13 Å². The summed E-state index contributed by atoms with van der Waals surface area (Å²) in [6, 6.07) is 10.1. The van der Waals surface area contributed by atoms with Crippen molar-refractivity contribution in [2.24, 2.45) is 0 Å². The maximum Gasteiger partial charge on any atom is 0.135 e. The van der Waals surface area contributed by atoms with E-state index in [0.717, 1.165) is 37.9 Å². The van der Waals surface area contributed by atoms with E-state index in [0.29, 0.717) is 12.3 Å². The number of aryl methyl sites for hydroxylation is 1. The van der Waals surface area contributed by atoms with E-state index < -0.39 is 0 Å². The van der Waals surface area contributed by atoms with Crippen LogP contribution in [0.15, 0.2) is 53.4 Å². The smallest absolute Gasteiger partial charge is 0.135 e. The van der Waals surface area contributed by atoms with Crippen LogP contribution in [0.1, 0.15) is 6.92 Å². The van der Waals surface area contributed by atoms with Gasteiger partial charge in [0.2, 0.25) is 0 Å². The van der Waals surface area contributed by atoms with Gasteiger partial charge in [0, 0.05) is 35.3 Å². The van der Waals surface area contributed by atoms with E-state index in [1.807, 2.05) is 29.9 Å². The van der Waals surface area contributed by atoms with Crippen LogP contribution >= 0.6 is 15.9 Å². The van der Waals surface area contributed by atoms with Crippen LogP contribution in [0.3, 0.4) is 0 Å². The van der Waals surface area contributed by atoms with E-state index in [1.54, 1.807) is 19.2 Å². The third kappa shape index (κ3) is 3.19. The Morgan fingerprint density at radius 3 is 2.59 bits per heavy atom. The summed E-state index contributed by atoms with van der Waals surface area (Å²) in [5.74, 6) is 0.425. The van der Waals surface area contributed by atoms with Crippen molar-refractivity contribution >= 4 is 26.8 Å². The summed E-state index contributed by atoms with van der Waals surface area (Å²) in [6.45, 7) is 2.74. The summed E-state index contributed by atoms with van der Waals surface area (Å²) < 4.78 is 21.4. The quantitative estimate of drug-likeness (QED) is 0.455. The molecule has 5 nitrogen and oxygen atoms in total. The van der Waals surface area contributed by atoms with Crippen LogP contribution in [0.25, 0.3) is 33.4 Å². The maximum atomic E-state index is 13.4. The highest BCUT2D eigenvalue weighted by Gasteiger charge is 2.18. The highest BCUT2D eigenvalue weighted by Crippen LogP contribution is 2.37. The molecule has 0 spiro atoms. The number of ether oxygens (including phenoxy) is 1. The van der Waals surface area contributed by atoms with Crippen molar-refractivity contribution in [3.63, 3.8) is 0 Å². The Labute approximate surface area is 164 Å². The van der Waals surface area contributed by atoms with Gasteiger partial charge in [-0.1, -0.05) is 0 Å². The van der Waals surface area contributed by atoms with Crippen LogP contribution in [-0.4, -0.2) is 26.9 Å². The van der Waals surface area contributed by atoms with Gasteiger partial charge in [0.1, 0.15) is 23.6 Å². The lowest BCUT2D eigenvalue weighted by atomic mass is 10.0. The SMILES string of the molecule is CCn1cc(-c2ncnc3cc(OC)c(Br)cc23)c(-c2ccc(F)cc2)n1. The maximum absolute atomic E-state index is 13.4. The molecule has 136 valence electrons. The Hall–Kier alpha value is -2.80. The predicted molar refractivity (Wildman–Crippen MR) is 106 cm³/mol. The second-order valence-electron chi connectivity index (χ2n) is 5.98. The van der Waals surface area contributed by atoms with Crippen molar-refractivity contribution in [1.29, 1.82) is 0 Å². The number of aromatic nitrogens is 4. The van der Waals surface area contributed by atoms with Gasteiger partial charge in [-0.15, -0.1) is 0 Å². The molecule has 27 heavy (non-hydrogen) atoms. The monoisotopic (exact) mass is 426 g/mol. The molecule has 0 aliphatic rings. The van der Waals surface area contributed by atoms with Crippen LogP contribution < -0.4 is 4.74 Å². The summed E-state index contributed by atoms with van der Waals surface area (Å²) in [7, 11) is 1.62. The molecule has 2 aromatic heterocycles. The van der Waals surface area contributed by atoms with Crippen molar-refractivity contribution in [3.8, 4) is 28.3 Å². The Morgan fingerprint density at radius 2 is 1.89 bits per heavy atom. The van der Waals surface area contributed by atoms with Gasteiger partial charge in [-0.05, 0) is 53.2 Å². The zero-order valence-corrected chi connectivity index (χ0v) is 16.4. The van der Waals surface area contributed by atoms with Crippen LogP contribution in [0.2, 0.25) is 0 Å². The number of rotatable bonds is 4. The van der Waals surface area contributed by atoms with Crippen LogP contribution in [-0.2, 0) is 6.54 Å². The van der Waals surface area contributed by atoms with E-state index in [1.165, 1.54) is 18.5 Å². The van der Waals surface area contributed by atoms with Crippen molar-refractivity contribution in [2.75, 3.05) is 7.11 Å². The van der Waals surface area contributed by atoms with Gasteiger partial charge >= 0.3 is 0 Å². The van der Waals surface area contributed by atoms with E-state index in [-0.39, 0.29) is 5.82 Å². The Bertz CT molecular complexity index is 1120. The number of fused-ring (bicyclic) bond motifs is 1. The third-order valence-electron chi connectivity index (χ3n) is 4.37. The molecule has 2 aromatic carbocycles. The highest BCUT2D eigenvalue weighted by molar-refractivity contribution is 9.10. The second kappa shape index (κ2) is 7.08. The fourth-order valence-corrected chi connectivity index (χ4v) is 3.51. The number of benzene rings is 2. The predicted octanol–water partition coefficient (Wildman–Crippen LogP) is 5.09. The minimum absolute atomic E-state index is 0.279. The largest absolute Gasteiger partial charge is 0.495 e. The third-order valence-corrected chi connectivity index (χ3v) is 4.99. The van der Waals surface area contributed by atoms with Gasteiger partial charge in [-0.25, -0.2) is 14.4 Å². The normalized spacial score (nSPS) is 11.1. The van der Waals surface area contributed by atoms with Gasteiger partial charge in [-0.2, -0.15) is 5.10 Å². The van der Waals surface area contributed by atoms with Crippen LogP contribution in [0.5, 0.6) is 5.75 Å². The van der Waals surface area contributed by atoms with Crippen LogP contribution in [0.4, 0.5) is 4.39 Å². The fourth-order valence-electron chi connectivity index (χ4n) is 3.01. The van der Waals surface area contributed by atoms with Crippen LogP contribution in [0, 0.1) is 5.82 Å².